The van der Waals surface area contributed by atoms with Crippen LogP contribution in [0.4, 0.5) is 15.9 Å². The number of aryl methyl sites for hydroxylation is 1. The first-order valence-electron chi connectivity index (χ1n) is 12.2. The van der Waals surface area contributed by atoms with Crippen LogP contribution in [0.3, 0.4) is 0 Å². The Hall–Kier alpha value is -5.13. The van der Waals surface area contributed by atoms with Crippen LogP contribution in [0.5, 0.6) is 5.75 Å². The van der Waals surface area contributed by atoms with E-state index >= 15 is 0 Å². The van der Waals surface area contributed by atoms with Crippen molar-refractivity contribution in [3.63, 3.8) is 0 Å². The number of rotatable bonds is 6. The molecule has 1 aliphatic rings. The van der Waals surface area contributed by atoms with Gasteiger partial charge >= 0.3 is 0 Å². The first-order chi connectivity index (χ1) is 18.9. The molecule has 1 aliphatic heterocycles. The maximum absolute atomic E-state index is 13.4. The van der Waals surface area contributed by atoms with Gasteiger partial charge in [-0.3, -0.25) is 9.59 Å². The summed E-state index contributed by atoms with van der Waals surface area (Å²) >= 11 is 0. The molecule has 5 aromatic rings. The number of hydrogen-bond donors (Lipinski definition) is 1. The van der Waals surface area contributed by atoms with Gasteiger partial charge in [0.25, 0.3) is 0 Å². The van der Waals surface area contributed by atoms with Gasteiger partial charge in [-0.05, 0) is 55.5 Å². The van der Waals surface area contributed by atoms with Crippen LogP contribution in [0.15, 0.2) is 67.1 Å². The molecule has 1 N–H and O–H groups in total. The number of anilines is 2. The summed E-state index contributed by atoms with van der Waals surface area (Å²) in [5.74, 6) is 0.180. The van der Waals surface area contributed by atoms with Crippen LogP contribution < -0.4 is 15.0 Å². The van der Waals surface area contributed by atoms with Crippen LogP contribution in [0, 0.1) is 18.7 Å². The van der Waals surface area contributed by atoms with Crippen molar-refractivity contribution in [1.29, 1.82) is 0 Å². The highest BCUT2D eigenvalue weighted by atomic mass is 19.1. The standard InChI is InChI=1S/C27H23FN8O3/c1-16-11-23(32-27(38)17-12-24(37)34(14-17)19-7-9-21(39-2)10-8-19)36(33-16)26-22-13-31-35(25(22)29-15-30-26)20-5-3-18(28)4-6-20/h3-11,13,15,17H,12,14H2,1-2H3,(H,32,38). The molecule has 1 atom stereocenters. The second kappa shape index (κ2) is 9.63. The number of methoxy groups -OCH3 is 1. The molecule has 12 heteroatoms. The third-order valence-corrected chi connectivity index (χ3v) is 6.58. The van der Waals surface area contributed by atoms with Crippen molar-refractivity contribution in [2.75, 3.05) is 23.9 Å². The number of fused-ring (bicyclic) bond motifs is 1. The minimum absolute atomic E-state index is 0.0905. The number of hydrogen-bond acceptors (Lipinski definition) is 7. The second-order valence-corrected chi connectivity index (χ2v) is 9.14. The lowest BCUT2D eigenvalue weighted by Gasteiger charge is -2.17. The predicted molar refractivity (Wildman–Crippen MR) is 141 cm³/mol. The number of halogens is 1. The third-order valence-electron chi connectivity index (χ3n) is 6.58. The quantitative estimate of drug-likeness (QED) is 0.360. The smallest absolute Gasteiger partial charge is 0.230 e. The third kappa shape index (κ3) is 4.45. The van der Waals surface area contributed by atoms with Crippen LogP contribution in [0.1, 0.15) is 12.1 Å². The maximum atomic E-state index is 13.4. The summed E-state index contributed by atoms with van der Waals surface area (Å²) in [5, 5.41) is 12.5. The SMILES string of the molecule is COc1ccc(N2CC(C(=O)Nc3cc(C)nn3-c3ncnc4c3cnn4-c3ccc(F)cc3)CC2=O)cc1. The van der Waals surface area contributed by atoms with Crippen LogP contribution in [-0.2, 0) is 9.59 Å². The summed E-state index contributed by atoms with van der Waals surface area (Å²) < 4.78 is 21.7. The largest absolute Gasteiger partial charge is 0.497 e. The van der Waals surface area contributed by atoms with Gasteiger partial charge < -0.3 is 15.0 Å². The van der Waals surface area contributed by atoms with Gasteiger partial charge in [-0.15, -0.1) is 0 Å². The molecule has 1 unspecified atom stereocenters. The highest BCUT2D eigenvalue weighted by Crippen LogP contribution is 2.29. The minimum atomic E-state index is -0.546. The van der Waals surface area contributed by atoms with E-state index in [1.54, 1.807) is 72.3 Å². The number of nitrogens with one attached hydrogen (secondary N) is 1. The van der Waals surface area contributed by atoms with E-state index in [0.29, 0.717) is 45.5 Å². The monoisotopic (exact) mass is 526 g/mol. The summed E-state index contributed by atoms with van der Waals surface area (Å²) in [5.41, 5.74) is 2.49. The highest BCUT2D eigenvalue weighted by molar-refractivity contribution is 6.03. The summed E-state index contributed by atoms with van der Waals surface area (Å²) in [7, 11) is 1.58. The molecule has 3 aromatic heterocycles. The Morgan fingerprint density at radius 2 is 1.79 bits per heavy atom. The van der Waals surface area contributed by atoms with Crippen molar-refractivity contribution >= 4 is 34.4 Å². The molecular weight excluding hydrogens is 503 g/mol. The van der Waals surface area contributed by atoms with E-state index in [9.17, 15) is 14.0 Å². The Labute approximate surface area is 221 Å². The molecular formula is C27H23FN8O3. The van der Waals surface area contributed by atoms with Gasteiger partial charge in [-0.1, -0.05) is 0 Å². The van der Waals surface area contributed by atoms with E-state index in [1.165, 1.54) is 23.1 Å². The molecule has 0 bridgehead atoms. The Kier molecular flexibility index (Phi) is 5.98. The van der Waals surface area contributed by atoms with E-state index in [-0.39, 0.29) is 30.6 Å². The van der Waals surface area contributed by atoms with Crippen molar-refractivity contribution in [2.24, 2.45) is 5.92 Å². The van der Waals surface area contributed by atoms with Crippen molar-refractivity contribution in [1.82, 2.24) is 29.5 Å². The van der Waals surface area contributed by atoms with Crippen LogP contribution in [0.2, 0.25) is 0 Å². The molecule has 1 saturated heterocycles. The first-order valence-corrected chi connectivity index (χ1v) is 12.2. The van der Waals surface area contributed by atoms with Gasteiger partial charge in [0.1, 0.15) is 23.7 Å². The van der Waals surface area contributed by atoms with Crippen molar-refractivity contribution < 1.29 is 18.7 Å². The van der Waals surface area contributed by atoms with E-state index in [1.807, 2.05) is 0 Å². The fraction of sp³-hybridized carbons (Fsp3) is 0.185. The lowest BCUT2D eigenvalue weighted by atomic mass is 10.1. The minimum Gasteiger partial charge on any atom is -0.497 e. The Balaban J connectivity index is 1.26. The fourth-order valence-corrected chi connectivity index (χ4v) is 4.64. The molecule has 0 radical (unpaired) electrons. The molecule has 0 spiro atoms. The Bertz CT molecular complexity index is 1690. The van der Waals surface area contributed by atoms with Crippen molar-refractivity contribution in [3.8, 4) is 17.3 Å². The average molecular weight is 527 g/mol. The van der Waals surface area contributed by atoms with Gasteiger partial charge in [-0.2, -0.15) is 14.9 Å². The van der Waals surface area contributed by atoms with E-state index in [4.69, 9.17) is 4.74 Å². The molecule has 0 saturated carbocycles. The number of ether oxygens (including phenoxy) is 1. The zero-order valence-corrected chi connectivity index (χ0v) is 21.1. The molecule has 39 heavy (non-hydrogen) atoms. The lowest BCUT2D eigenvalue weighted by molar-refractivity contribution is -0.122. The first kappa shape index (κ1) is 24.2. The maximum Gasteiger partial charge on any atom is 0.230 e. The Morgan fingerprint density at radius 1 is 1.05 bits per heavy atom. The zero-order valence-electron chi connectivity index (χ0n) is 21.1. The van der Waals surface area contributed by atoms with E-state index in [0.717, 1.165) is 0 Å². The number of benzene rings is 2. The normalized spacial score (nSPS) is 15.2. The molecule has 2 amide bonds. The zero-order chi connectivity index (χ0) is 27.1. The molecule has 196 valence electrons. The topological polar surface area (TPSA) is 120 Å². The lowest BCUT2D eigenvalue weighted by Crippen LogP contribution is -2.28. The molecule has 2 aromatic carbocycles. The molecule has 11 nitrogen and oxygen atoms in total. The Morgan fingerprint density at radius 3 is 2.54 bits per heavy atom. The van der Waals surface area contributed by atoms with Crippen LogP contribution in [0.25, 0.3) is 22.5 Å². The van der Waals surface area contributed by atoms with Gasteiger partial charge in [0.15, 0.2) is 11.5 Å². The average Bonchev–Trinajstić information content (AvgIpc) is 3.65. The summed E-state index contributed by atoms with van der Waals surface area (Å²) in [6.45, 7) is 2.06. The molecule has 6 rings (SSSR count). The van der Waals surface area contributed by atoms with Crippen molar-refractivity contribution in [2.45, 2.75) is 13.3 Å². The number of aromatic nitrogens is 6. The second-order valence-electron chi connectivity index (χ2n) is 9.14. The van der Waals surface area contributed by atoms with Gasteiger partial charge in [0.2, 0.25) is 11.8 Å². The summed E-state index contributed by atoms with van der Waals surface area (Å²) in [4.78, 5) is 36.4. The summed E-state index contributed by atoms with van der Waals surface area (Å²) in [6, 6.07) is 14.8. The predicted octanol–water partition coefficient (Wildman–Crippen LogP) is 3.45. The van der Waals surface area contributed by atoms with E-state index in [2.05, 4.69) is 25.5 Å². The number of carbonyl (C=O) groups is 2. The van der Waals surface area contributed by atoms with Crippen molar-refractivity contribution in [3.05, 3.63) is 78.6 Å². The van der Waals surface area contributed by atoms with E-state index < -0.39 is 5.92 Å². The van der Waals surface area contributed by atoms with Crippen LogP contribution in [-0.4, -0.2) is 55.0 Å². The molecule has 0 aliphatic carbocycles. The number of amides is 2. The van der Waals surface area contributed by atoms with Gasteiger partial charge in [0.05, 0.1) is 36.0 Å². The highest BCUT2D eigenvalue weighted by Gasteiger charge is 2.35. The fourth-order valence-electron chi connectivity index (χ4n) is 4.64. The summed E-state index contributed by atoms with van der Waals surface area (Å²) in [6.07, 6.45) is 3.07. The number of carbonyl (C=O) groups excluding carboxylic acids is 2. The van der Waals surface area contributed by atoms with Gasteiger partial charge in [0, 0.05) is 24.7 Å². The number of nitrogens with zero attached hydrogens (tertiary/aromatic N) is 7. The molecule has 4 heterocycles. The van der Waals surface area contributed by atoms with Crippen LogP contribution >= 0.6 is 0 Å². The van der Waals surface area contributed by atoms with Gasteiger partial charge in [-0.25, -0.2) is 19.0 Å². The molecule has 1 fully saturated rings.